The van der Waals surface area contributed by atoms with Gasteiger partial charge in [-0.25, -0.2) is 8.42 Å². The summed E-state index contributed by atoms with van der Waals surface area (Å²) in [4.78, 5) is 12.3. The number of carbonyl (C=O) groups is 1. The molecule has 0 aromatic heterocycles. The minimum absolute atomic E-state index is 0.00336. The molecule has 7 heteroatoms. The maximum Gasteiger partial charge on any atom is 0.251 e. The Balaban J connectivity index is 1.88. The maximum atomic E-state index is 12.3. The second kappa shape index (κ2) is 9.76. The number of nitrogens with one attached hydrogen (secondary N) is 2. The van der Waals surface area contributed by atoms with Crippen LogP contribution in [0.5, 0.6) is 5.75 Å². The second-order valence-electron chi connectivity index (χ2n) is 5.76. The third kappa shape index (κ3) is 6.13. The standard InChI is InChI=1S/C20H22N2O4S/c1-3-13-22-27(24,25)19-8-4-7-17(15-19)20(23)21-14-5-6-16-9-11-18(26-2)12-10-16/h1,4,7-12,15,22H,5-6,13-14H2,2H3,(H,21,23). The quantitative estimate of drug-likeness (QED) is 0.510. The van der Waals surface area contributed by atoms with Gasteiger partial charge in [-0.15, -0.1) is 6.42 Å². The zero-order chi connectivity index (χ0) is 19.7. The summed E-state index contributed by atoms with van der Waals surface area (Å²) in [6.07, 6.45) is 6.65. The molecular weight excluding hydrogens is 364 g/mol. The third-order valence-electron chi connectivity index (χ3n) is 3.86. The van der Waals surface area contributed by atoms with E-state index in [9.17, 15) is 13.2 Å². The van der Waals surface area contributed by atoms with Gasteiger partial charge in [0.1, 0.15) is 5.75 Å². The van der Waals surface area contributed by atoms with Crippen molar-refractivity contribution in [1.29, 1.82) is 0 Å². The van der Waals surface area contributed by atoms with Gasteiger partial charge in [-0.2, -0.15) is 4.72 Å². The molecule has 2 aromatic rings. The van der Waals surface area contributed by atoms with Gasteiger partial charge in [-0.3, -0.25) is 4.79 Å². The van der Waals surface area contributed by atoms with Crippen molar-refractivity contribution in [1.82, 2.24) is 10.0 Å². The van der Waals surface area contributed by atoms with Gasteiger partial charge in [0.25, 0.3) is 5.91 Å². The lowest BCUT2D eigenvalue weighted by Crippen LogP contribution is -2.26. The van der Waals surface area contributed by atoms with Crippen molar-refractivity contribution in [2.24, 2.45) is 0 Å². The number of aryl methyl sites for hydroxylation is 1. The van der Waals surface area contributed by atoms with E-state index in [0.717, 1.165) is 24.2 Å². The Hall–Kier alpha value is -2.82. The zero-order valence-electron chi connectivity index (χ0n) is 15.1. The van der Waals surface area contributed by atoms with E-state index in [0.29, 0.717) is 6.54 Å². The second-order valence-corrected chi connectivity index (χ2v) is 7.53. The van der Waals surface area contributed by atoms with Gasteiger partial charge in [-0.1, -0.05) is 24.1 Å². The Morgan fingerprint density at radius 2 is 1.93 bits per heavy atom. The van der Waals surface area contributed by atoms with E-state index >= 15 is 0 Å². The highest BCUT2D eigenvalue weighted by molar-refractivity contribution is 7.89. The largest absolute Gasteiger partial charge is 0.497 e. The predicted octanol–water partition coefficient (Wildman–Crippen LogP) is 1.97. The molecule has 0 fully saturated rings. The van der Waals surface area contributed by atoms with Gasteiger partial charge in [0, 0.05) is 12.1 Å². The van der Waals surface area contributed by atoms with Gasteiger partial charge in [0.2, 0.25) is 10.0 Å². The maximum absolute atomic E-state index is 12.3. The molecule has 0 bridgehead atoms. The van der Waals surface area contributed by atoms with Crippen LogP contribution in [-0.2, 0) is 16.4 Å². The lowest BCUT2D eigenvalue weighted by atomic mass is 10.1. The summed E-state index contributed by atoms with van der Waals surface area (Å²) in [5.74, 6) is 2.69. The van der Waals surface area contributed by atoms with E-state index in [2.05, 4.69) is 16.0 Å². The highest BCUT2D eigenvalue weighted by Gasteiger charge is 2.15. The summed E-state index contributed by atoms with van der Waals surface area (Å²) < 4.78 is 31.5. The van der Waals surface area contributed by atoms with Crippen molar-refractivity contribution in [2.45, 2.75) is 17.7 Å². The summed E-state index contributed by atoms with van der Waals surface area (Å²) >= 11 is 0. The van der Waals surface area contributed by atoms with Crippen molar-refractivity contribution >= 4 is 15.9 Å². The van der Waals surface area contributed by atoms with Crippen LogP contribution in [0, 0.1) is 12.3 Å². The lowest BCUT2D eigenvalue weighted by Gasteiger charge is -2.08. The molecule has 0 saturated heterocycles. The molecule has 0 aliphatic rings. The van der Waals surface area contributed by atoms with E-state index < -0.39 is 10.0 Å². The van der Waals surface area contributed by atoms with Crippen LogP contribution < -0.4 is 14.8 Å². The molecule has 1 amide bonds. The topological polar surface area (TPSA) is 84.5 Å². The molecular formula is C20H22N2O4S. The number of rotatable bonds is 9. The molecule has 27 heavy (non-hydrogen) atoms. The van der Waals surface area contributed by atoms with Gasteiger partial charge in [-0.05, 0) is 48.7 Å². The van der Waals surface area contributed by atoms with Crippen LogP contribution in [0.3, 0.4) is 0 Å². The first-order valence-corrected chi connectivity index (χ1v) is 9.89. The van der Waals surface area contributed by atoms with E-state index in [-0.39, 0.29) is 22.9 Å². The van der Waals surface area contributed by atoms with Crippen LogP contribution in [0.15, 0.2) is 53.4 Å². The van der Waals surface area contributed by atoms with E-state index in [1.54, 1.807) is 13.2 Å². The number of ether oxygens (including phenoxy) is 1. The van der Waals surface area contributed by atoms with Crippen molar-refractivity contribution in [3.05, 3.63) is 59.7 Å². The molecule has 0 radical (unpaired) electrons. The molecule has 6 nitrogen and oxygen atoms in total. The first-order valence-electron chi connectivity index (χ1n) is 8.40. The fourth-order valence-corrected chi connectivity index (χ4v) is 3.39. The molecule has 2 N–H and O–H groups in total. The molecule has 0 atom stereocenters. The van der Waals surface area contributed by atoms with Gasteiger partial charge in [0.15, 0.2) is 0 Å². The summed E-state index contributed by atoms with van der Waals surface area (Å²) in [5, 5.41) is 2.80. The molecule has 2 rings (SSSR count). The molecule has 0 spiro atoms. The highest BCUT2D eigenvalue weighted by Crippen LogP contribution is 2.13. The number of hydrogen-bond acceptors (Lipinski definition) is 4. The smallest absolute Gasteiger partial charge is 0.251 e. The summed E-state index contributed by atoms with van der Waals surface area (Å²) in [6, 6.07) is 13.6. The monoisotopic (exact) mass is 386 g/mol. The van der Waals surface area contributed by atoms with Crippen LogP contribution in [0.4, 0.5) is 0 Å². The first-order chi connectivity index (χ1) is 13.0. The number of terminal acetylenes is 1. The predicted molar refractivity (Wildman–Crippen MR) is 104 cm³/mol. The molecule has 0 heterocycles. The Kier molecular flexibility index (Phi) is 7.41. The molecule has 0 aliphatic carbocycles. The van der Waals surface area contributed by atoms with Crippen molar-refractivity contribution in [3.63, 3.8) is 0 Å². The molecule has 0 aliphatic heterocycles. The van der Waals surface area contributed by atoms with Gasteiger partial charge in [0.05, 0.1) is 18.6 Å². The van der Waals surface area contributed by atoms with Crippen molar-refractivity contribution < 1.29 is 17.9 Å². The fraction of sp³-hybridized carbons (Fsp3) is 0.250. The fourth-order valence-electron chi connectivity index (χ4n) is 2.41. The number of amides is 1. The molecule has 142 valence electrons. The minimum Gasteiger partial charge on any atom is -0.497 e. The minimum atomic E-state index is -3.73. The van der Waals surface area contributed by atoms with Crippen LogP contribution >= 0.6 is 0 Å². The Labute approximate surface area is 160 Å². The Bertz CT molecular complexity index is 916. The average Bonchev–Trinajstić information content (AvgIpc) is 2.70. The number of hydrogen-bond donors (Lipinski definition) is 2. The SMILES string of the molecule is C#CCNS(=O)(=O)c1cccc(C(=O)NCCCc2ccc(OC)cc2)c1. The van der Waals surface area contributed by atoms with Crippen molar-refractivity contribution in [2.75, 3.05) is 20.2 Å². The summed E-state index contributed by atoms with van der Waals surface area (Å²) in [6.45, 7) is 0.376. The lowest BCUT2D eigenvalue weighted by molar-refractivity contribution is 0.0953. The van der Waals surface area contributed by atoms with Crippen molar-refractivity contribution in [3.8, 4) is 18.1 Å². The normalized spacial score (nSPS) is 10.8. The van der Waals surface area contributed by atoms with Crippen LogP contribution in [0.25, 0.3) is 0 Å². The third-order valence-corrected chi connectivity index (χ3v) is 5.26. The van der Waals surface area contributed by atoms with Gasteiger partial charge >= 0.3 is 0 Å². The van der Waals surface area contributed by atoms with E-state index in [1.807, 2.05) is 24.3 Å². The Morgan fingerprint density at radius 1 is 1.19 bits per heavy atom. The van der Waals surface area contributed by atoms with E-state index in [1.165, 1.54) is 18.2 Å². The average molecular weight is 386 g/mol. The first kappa shape index (κ1) is 20.5. The number of benzene rings is 2. The number of carbonyl (C=O) groups excluding carboxylic acids is 1. The molecule has 0 unspecified atom stereocenters. The Morgan fingerprint density at radius 3 is 2.59 bits per heavy atom. The van der Waals surface area contributed by atoms with Gasteiger partial charge < -0.3 is 10.1 Å². The molecule has 0 saturated carbocycles. The van der Waals surface area contributed by atoms with Crippen LogP contribution in [0.2, 0.25) is 0 Å². The van der Waals surface area contributed by atoms with Crippen LogP contribution in [-0.4, -0.2) is 34.5 Å². The number of sulfonamides is 1. The van der Waals surface area contributed by atoms with Crippen LogP contribution in [0.1, 0.15) is 22.3 Å². The summed E-state index contributed by atoms with van der Waals surface area (Å²) in [7, 11) is -2.11. The van der Waals surface area contributed by atoms with E-state index in [4.69, 9.17) is 11.2 Å². The summed E-state index contributed by atoms with van der Waals surface area (Å²) in [5.41, 5.74) is 1.43. The zero-order valence-corrected chi connectivity index (χ0v) is 15.9. The highest BCUT2D eigenvalue weighted by atomic mass is 32.2. The number of methoxy groups -OCH3 is 1. The molecule has 2 aromatic carbocycles.